The van der Waals surface area contributed by atoms with Gasteiger partial charge in [-0.05, 0) is 108 Å². The molecular formula is C37H50N12+6. The molecule has 0 amide bonds. The molecule has 0 fully saturated rings. The van der Waals surface area contributed by atoms with Gasteiger partial charge in [0.05, 0.1) is 22.5 Å². The average molecular weight is 663 g/mol. The van der Waals surface area contributed by atoms with Crippen molar-refractivity contribution >= 4 is 45.8 Å². The number of nitrogens with zero attached hydrogens (tertiary/aromatic N) is 4. The van der Waals surface area contributed by atoms with Crippen LogP contribution in [0.25, 0.3) is 0 Å². The number of benzene rings is 3. The number of aromatic amines is 2. The molecule has 2 heterocycles. The Bertz CT molecular complexity index is 1960. The van der Waals surface area contributed by atoms with Gasteiger partial charge in [-0.2, -0.15) is 0 Å². The smallest absolute Gasteiger partial charge is 0.303 e. The van der Waals surface area contributed by atoms with Crippen LogP contribution in [0.15, 0.2) is 30.6 Å². The van der Waals surface area contributed by atoms with Gasteiger partial charge in [0, 0.05) is 27.8 Å². The Hall–Kier alpha value is -5.50. The third-order valence-electron chi connectivity index (χ3n) is 9.15. The summed E-state index contributed by atoms with van der Waals surface area (Å²) in [6, 6.07) is 6.56. The van der Waals surface area contributed by atoms with Gasteiger partial charge in [0.1, 0.15) is 46.0 Å². The Labute approximate surface area is 288 Å². The normalized spacial score (nSPS) is 11.0. The van der Waals surface area contributed by atoms with E-state index in [1.807, 2.05) is 12.4 Å². The van der Waals surface area contributed by atoms with Crippen molar-refractivity contribution in [3.05, 3.63) is 80.7 Å². The van der Waals surface area contributed by atoms with Crippen molar-refractivity contribution in [1.82, 2.24) is 20.6 Å². The minimum atomic E-state index is 0.599. The third-order valence-corrected chi connectivity index (χ3v) is 9.15. The summed E-state index contributed by atoms with van der Waals surface area (Å²) in [6.45, 7) is 20.3. The molecule has 0 bridgehead atoms. The van der Waals surface area contributed by atoms with Crippen LogP contribution in [0.3, 0.4) is 0 Å². The van der Waals surface area contributed by atoms with Crippen LogP contribution < -0.4 is 41.7 Å². The summed E-state index contributed by atoms with van der Waals surface area (Å²) in [4.78, 5) is 3.56. The minimum Gasteiger partial charge on any atom is -0.303 e. The first-order valence-corrected chi connectivity index (χ1v) is 16.4. The fraction of sp³-hybridized carbons (Fsp3) is 0.297. The third kappa shape index (κ3) is 7.49. The van der Waals surface area contributed by atoms with Crippen molar-refractivity contribution in [2.24, 2.45) is 0 Å². The summed E-state index contributed by atoms with van der Waals surface area (Å²) >= 11 is 0. The molecule has 12 nitrogen and oxygen atoms in total. The molecule has 0 atom stereocenters. The number of hydrogen-bond donors (Lipinski definition) is 8. The second-order valence-corrected chi connectivity index (χ2v) is 12.8. The van der Waals surface area contributed by atoms with E-state index in [-0.39, 0.29) is 0 Å². The molecule has 0 radical (unpaired) electrons. The number of terminal acetylenes is 2. The quantitative estimate of drug-likeness (QED) is 0.0569. The zero-order valence-corrected chi connectivity index (χ0v) is 30.1. The molecular weight excluding hydrogens is 612 g/mol. The van der Waals surface area contributed by atoms with Gasteiger partial charge in [-0.1, -0.05) is 15.6 Å². The number of H-pyrrole nitrogens is 2. The first-order chi connectivity index (χ1) is 23.4. The number of rotatable bonds is 12. The maximum atomic E-state index is 5.54. The molecule has 0 aliphatic heterocycles. The fourth-order valence-electron chi connectivity index (χ4n) is 6.75. The van der Waals surface area contributed by atoms with Gasteiger partial charge in [-0.3, -0.25) is 0 Å². The molecule has 0 spiro atoms. The molecule has 12 N–H and O–H groups in total. The first kappa shape index (κ1) is 34.8. The maximum Gasteiger partial charge on any atom is 0.404 e. The largest absolute Gasteiger partial charge is 0.404 e. The number of nitrogens with two attached hydrogens (primary N) is 4. The number of hydrogen-bond acceptors (Lipinski definition) is 4. The lowest BCUT2D eigenvalue weighted by Gasteiger charge is -2.15. The van der Waals surface area contributed by atoms with Crippen LogP contribution in [0.2, 0.25) is 0 Å². The van der Waals surface area contributed by atoms with Gasteiger partial charge in [-0.15, -0.1) is 12.8 Å². The summed E-state index contributed by atoms with van der Waals surface area (Å²) in [5.74, 6) is 7.06. The summed E-state index contributed by atoms with van der Waals surface area (Å²) in [6.07, 6.45) is 15.0. The Morgan fingerprint density at radius 3 is 1.33 bits per heavy atom. The van der Waals surface area contributed by atoms with Gasteiger partial charge in [0.2, 0.25) is 0 Å². The molecule has 0 saturated heterocycles. The van der Waals surface area contributed by atoms with E-state index in [0.29, 0.717) is 13.1 Å². The molecule has 3 aromatic carbocycles. The summed E-state index contributed by atoms with van der Waals surface area (Å²) in [5.41, 5.74) is 24.1. The van der Waals surface area contributed by atoms with Crippen molar-refractivity contribution in [1.29, 1.82) is 0 Å². The molecule has 0 saturated carbocycles. The fourth-order valence-corrected chi connectivity index (χ4v) is 6.75. The van der Waals surface area contributed by atoms with Crippen LogP contribution in [0.5, 0.6) is 0 Å². The van der Waals surface area contributed by atoms with Crippen molar-refractivity contribution < 1.29 is 30.8 Å². The molecule has 12 heteroatoms. The predicted molar refractivity (Wildman–Crippen MR) is 191 cm³/mol. The Morgan fingerprint density at radius 2 is 0.939 bits per heavy atom. The molecule has 0 aliphatic rings. The van der Waals surface area contributed by atoms with E-state index in [4.69, 9.17) is 12.8 Å². The van der Waals surface area contributed by atoms with Crippen molar-refractivity contribution in [2.45, 2.75) is 62.3 Å². The van der Waals surface area contributed by atoms with Crippen LogP contribution in [0, 0.1) is 87.0 Å². The molecule has 0 aliphatic carbocycles. The average Bonchev–Trinajstić information content (AvgIpc) is 3.70. The standard InChI is InChI=1S/C37H44N12/c1-12-14-38-32-21(3)16-23(5)34(27(32)9)40-30-19-48(46-42-30)44-36-25(7)18-26(8)37(29(36)11)45-49-20-31(43-47-49)41-35-24(6)17-22(4)33(28(35)10)39-15-13-2/h1-2,16-20,38-41,44-45H,14-15H2,3-11H3/p+6. The number of aryl methyl sites for hydroxylation is 6. The minimum absolute atomic E-state index is 0.599. The molecule has 2 aromatic heterocycles. The number of nitrogens with one attached hydrogen (secondary N) is 4. The highest BCUT2D eigenvalue weighted by atomic mass is 15.6. The zero-order chi connectivity index (χ0) is 35.4. The van der Waals surface area contributed by atoms with Crippen LogP contribution in [0.1, 0.15) is 50.1 Å². The summed E-state index contributed by atoms with van der Waals surface area (Å²) in [7, 11) is 0. The van der Waals surface area contributed by atoms with Gasteiger partial charge in [0.15, 0.2) is 0 Å². The SMILES string of the molecule is C#CC[NH2+]c1c(C)cc(C)c([NH2+]c2c[n+](Nc3c(C)cc(C)c(N[n+]4cc([NH2+]c5c(C)cc(C)c([NH2+]CC#C)c5C)n[nH]4)c3C)[nH]n2)c1C. The lowest BCUT2D eigenvalue weighted by molar-refractivity contribution is -0.705. The van der Waals surface area contributed by atoms with E-state index in [1.54, 1.807) is 9.58 Å². The maximum absolute atomic E-state index is 5.54. The van der Waals surface area contributed by atoms with E-state index < -0.39 is 0 Å². The second kappa shape index (κ2) is 14.7. The lowest BCUT2D eigenvalue weighted by atomic mass is 10.0. The van der Waals surface area contributed by atoms with E-state index in [1.165, 1.54) is 44.8 Å². The summed E-state index contributed by atoms with van der Waals surface area (Å²) in [5, 5.41) is 23.8. The number of aromatic nitrogens is 6. The number of quaternary nitrogens is 4. The highest BCUT2D eigenvalue weighted by Crippen LogP contribution is 2.30. The Balaban J connectivity index is 1.34. The lowest BCUT2D eigenvalue weighted by Crippen LogP contribution is -2.79. The Kier molecular flexibility index (Phi) is 10.5. The zero-order valence-electron chi connectivity index (χ0n) is 30.1. The first-order valence-electron chi connectivity index (χ1n) is 16.4. The summed E-state index contributed by atoms with van der Waals surface area (Å²) < 4.78 is 0. The van der Waals surface area contributed by atoms with Gasteiger partial charge < -0.3 is 10.6 Å². The van der Waals surface area contributed by atoms with Crippen molar-refractivity contribution in [2.75, 3.05) is 23.9 Å². The van der Waals surface area contributed by atoms with Crippen LogP contribution >= 0.6 is 0 Å². The topological polar surface area (TPSA) is 156 Å². The highest BCUT2D eigenvalue weighted by Gasteiger charge is 2.25. The van der Waals surface area contributed by atoms with E-state index in [0.717, 1.165) is 51.1 Å². The van der Waals surface area contributed by atoms with E-state index in [2.05, 4.69) is 145 Å². The molecule has 252 valence electrons. The van der Waals surface area contributed by atoms with Crippen LogP contribution in [-0.2, 0) is 0 Å². The molecule has 0 unspecified atom stereocenters. The van der Waals surface area contributed by atoms with Crippen LogP contribution in [-0.4, -0.2) is 33.7 Å². The predicted octanol–water partition coefficient (Wildman–Crippen LogP) is 0.943. The van der Waals surface area contributed by atoms with Gasteiger partial charge in [0.25, 0.3) is 12.4 Å². The highest BCUT2D eigenvalue weighted by molar-refractivity contribution is 5.70. The number of anilines is 2. The Morgan fingerprint density at radius 1 is 0.571 bits per heavy atom. The van der Waals surface area contributed by atoms with E-state index in [9.17, 15) is 0 Å². The molecule has 5 aromatic rings. The monoisotopic (exact) mass is 662 g/mol. The van der Waals surface area contributed by atoms with Crippen LogP contribution in [0.4, 0.5) is 45.8 Å². The van der Waals surface area contributed by atoms with Gasteiger partial charge in [-0.25, -0.2) is 21.5 Å². The van der Waals surface area contributed by atoms with E-state index >= 15 is 0 Å². The van der Waals surface area contributed by atoms with Crippen molar-refractivity contribution in [3.8, 4) is 24.7 Å². The molecule has 5 rings (SSSR count). The van der Waals surface area contributed by atoms with Gasteiger partial charge >= 0.3 is 11.6 Å². The molecule has 49 heavy (non-hydrogen) atoms. The van der Waals surface area contributed by atoms with Crippen molar-refractivity contribution in [3.63, 3.8) is 0 Å². The second-order valence-electron chi connectivity index (χ2n) is 12.8.